The second kappa shape index (κ2) is 11.1. The van der Waals surface area contributed by atoms with Crippen molar-refractivity contribution in [1.82, 2.24) is 5.32 Å². The lowest BCUT2D eigenvalue weighted by atomic mass is 10.1. The molecule has 1 amide bonds. The Morgan fingerprint density at radius 3 is 2.15 bits per heavy atom. The van der Waals surface area contributed by atoms with Crippen LogP contribution in [0.25, 0.3) is 0 Å². The van der Waals surface area contributed by atoms with Gasteiger partial charge in [0.05, 0.1) is 12.1 Å². The van der Waals surface area contributed by atoms with E-state index in [1.54, 1.807) is 0 Å². The normalized spacial score (nSPS) is 22.1. The van der Waals surface area contributed by atoms with Gasteiger partial charge in [0.1, 0.15) is 0 Å². The Hall–Kier alpha value is -0.570. The molecule has 1 aliphatic carbocycles. The first-order chi connectivity index (χ1) is 9.74. The van der Waals surface area contributed by atoms with Crippen LogP contribution in [-0.4, -0.2) is 23.2 Å². The van der Waals surface area contributed by atoms with Gasteiger partial charge in [-0.2, -0.15) is 0 Å². The van der Waals surface area contributed by atoms with E-state index in [1.807, 2.05) is 0 Å². The third kappa shape index (κ3) is 7.88. The molecule has 0 radical (unpaired) electrons. The first-order valence-electron chi connectivity index (χ1n) is 8.71. The number of hydrogen-bond donors (Lipinski definition) is 2. The third-order valence-corrected chi connectivity index (χ3v) is 4.33. The van der Waals surface area contributed by atoms with Gasteiger partial charge in [-0.05, 0) is 25.7 Å². The largest absolute Gasteiger partial charge is 0.391 e. The van der Waals surface area contributed by atoms with Gasteiger partial charge in [-0.25, -0.2) is 0 Å². The zero-order valence-electron chi connectivity index (χ0n) is 13.2. The summed E-state index contributed by atoms with van der Waals surface area (Å²) in [6.45, 7) is 2.25. The maximum atomic E-state index is 11.7. The Morgan fingerprint density at radius 2 is 1.60 bits per heavy atom. The van der Waals surface area contributed by atoms with E-state index < -0.39 is 0 Å². The highest BCUT2D eigenvalue weighted by atomic mass is 16.3. The Balaban J connectivity index is 1.87. The van der Waals surface area contributed by atoms with Gasteiger partial charge in [-0.1, -0.05) is 58.3 Å². The molecule has 0 aromatic carbocycles. The molecule has 1 rings (SSSR count). The Kier molecular flexibility index (Phi) is 9.73. The first kappa shape index (κ1) is 17.5. The van der Waals surface area contributed by atoms with E-state index in [9.17, 15) is 9.90 Å². The summed E-state index contributed by atoms with van der Waals surface area (Å²) in [5.41, 5.74) is 0. The van der Waals surface area contributed by atoms with Gasteiger partial charge in [0.15, 0.2) is 0 Å². The highest BCUT2D eigenvalue weighted by molar-refractivity contribution is 5.76. The fourth-order valence-corrected chi connectivity index (χ4v) is 2.98. The number of rotatable bonds is 11. The van der Waals surface area contributed by atoms with Gasteiger partial charge in [0.25, 0.3) is 0 Å². The van der Waals surface area contributed by atoms with Gasteiger partial charge in [0.2, 0.25) is 5.91 Å². The van der Waals surface area contributed by atoms with Crippen molar-refractivity contribution in [1.29, 1.82) is 0 Å². The van der Waals surface area contributed by atoms with Crippen LogP contribution in [0.15, 0.2) is 0 Å². The molecule has 2 N–H and O–H groups in total. The second-order valence-electron chi connectivity index (χ2n) is 6.25. The standard InChI is InChI=1S/C17H33NO2/c1-2-3-4-5-6-7-8-9-10-14-17(20)18-15-12-11-13-16(15)19/h15-16,19H,2-14H2,1H3,(H,18,20)/t15?,16-/m0/s1. The summed E-state index contributed by atoms with van der Waals surface area (Å²) in [6.07, 6.45) is 14.6. The van der Waals surface area contributed by atoms with Crippen LogP contribution >= 0.6 is 0 Å². The van der Waals surface area contributed by atoms with Crippen molar-refractivity contribution >= 4 is 5.91 Å². The number of carbonyl (C=O) groups excluding carboxylic acids is 1. The van der Waals surface area contributed by atoms with E-state index in [4.69, 9.17) is 0 Å². The Morgan fingerprint density at radius 1 is 1.00 bits per heavy atom. The molecule has 0 saturated heterocycles. The summed E-state index contributed by atoms with van der Waals surface area (Å²) in [5.74, 6) is 0.124. The summed E-state index contributed by atoms with van der Waals surface area (Å²) in [7, 11) is 0. The molecule has 2 atom stereocenters. The van der Waals surface area contributed by atoms with Crippen LogP contribution in [0.2, 0.25) is 0 Å². The second-order valence-corrected chi connectivity index (χ2v) is 6.25. The smallest absolute Gasteiger partial charge is 0.220 e. The lowest BCUT2D eigenvalue weighted by molar-refractivity contribution is -0.122. The van der Waals surface area contributed by atoms with Gasteiger partial charge in [-0.15, -0.1) is 0 Å². The monoisotopic (exact) mass is 283 g/mol. The zero-order valence-corrected chi connectivity index (χ0v) is 13.2. The minimum absolute atomic E-state index is 0.0149. The van der Waals surface area contributed by atoms with Gasteiger partial charge in [-0.3, -0.25) is 4.79 Å². The quantitative estimate of drug-likeness (QED) is 0.564. The fourth-order valence-electron chi connectivity index (χ4n) is 2.98. The number of nitrogens with one attached hydrogen (secondary N) is 1. The van der Waals surface area contributed by atoms with E-state index in [-0.39, 0.29) is 18.1 Å². The van der Waals surface area contributed by atoms with Crippen molar-refractivity contribution in [2.24, 2.45) is 0 Å². The molecule has 3 nitrogen and oxygen atoms in total. The number of aliphatic hydroxyl groups excluding tert-OH is 1. The lowest BCUT2D eigenvalue weighted by Crippen LogP contribution is -2.39. The number of aliphatic hydroxyl groups is 1. The average Bonchev–Trinajstić information content (AvgIpc) is 2.82. The molecule has 0 aromatic rings. The SMILES string of the molecule is CCCCCCCCCCCC(=O)NC1CCC[C@@H]1O. The average molecular weight is 283 g/mol. The predicted octanol–water partition coefficient (Wildman–Crippen LogP) is 3.94. The van der Waals surface area contributed by atoms with E-state index >= 15 is 0 Å². The van der Waals surface area contributed by atoms with Crippen molar-refractivity contribution < 1.29 is 9.90 Å². The molecule has 1 unspecified atom stereocenters. The maximum Gasteiger partial charge on any atom is 0.220 e. The molecule has 1 fully saturated rings. The summed E-state index contributed by atoms with van der Waals surface area (Å²) in [5, 5.41) is 12.6. The summed E-state index contributed by atoms with van der Waals surface area (Å²) in [4.78, 5) is 11.7. The molecular formula is C17H33NO2. The zero-order chi connectivity index (χ0) is 14.6. The van der Waals surface area contributed by atoms with E-state index in [0.717, 1.165) is 32.1 Å². The summed E-state index contributed by atoms with van der Waals surface area (Å²) in [6, 6.07) is 0.0149. The number of unbranched alkanes of at least 4 members (excludes halogenated alkanes) is 8. The molecule has 20 heavy (non-hydrogen) atoms. The van der Waals surface area contributed by atoms with Crippen molar-refractivity contribution in [3.8, 4) is 0 Å². The van der Waals surface area contributed by atoms with Gasteiger partial charge < -0.3 is 10.4 Å². The molecule has 1 aliphatic rings. The van der Waals surface area contributed by atoms with Crippen LogP contribution in [0.5, 0.6) is 0 Å². The molecule has 3 heteroatoms. The molecular weight excluding hydrogens is 250 g/mol. The molecule has 0 spiro atoms. The van der Waals surface area contributed by atoms with Crippen LogP contribution in [0.4, 0.5) is 0 Å². The first-order valence-corrected chi connectivity index (χ1v) is 8.71. The maximum absolute atomic E-state index is 11.7. The van der Waals surface area contributed by atoms with Crippen molar-refractivity contribution in [3.05, 3.63) is 0 Å². The highest BCUT2D eigenvalue weighted by Crippen LogP contribution is 2.19. The van der Waals surface area contributed by atoms with E-state index in [0.29, 0.717) is 6.42 Å². The summed E-state index contributed by atoms with van der Waals surface area (Å²) >= 11 is 0. The lowest BCUT2D eigenvalue weighted by Gasteiger charge is -2.16. The molecule has 118 valence electrons. The number of carbonyl (C=O) groups is 1. The highest BCUT2D eigenvalue weighted by Gasteiger charge is 2.26. The van der Waals surface area contributed by atoms with Crippen LogP contribution in [-0.2, 0) is 4.79 Å². The molecule has 0 heterocycles. The van der Waals surface area contributed by atoms with Crippen molar-refractivity contribution in [2.75, 3.05) is 0 Å². The van der Waals surface area contributed by atoms with Crippen molar-refractivity contribution in [3.63, 3.8) is 0 Å². The van der Waals surface area contributed by atoms with E-state index in [1.165, 1.54) is 44.9 Å². The van der Waals surface area contributed by atoms with Crippen LogP contribution in [0, 0.1) is 0 Å². The molecule has 1 saturated carbocycles. The molecule has 0 aromatic heterocycles. The van der Waals surface area contributed by atoms with E-state index in [2.05, 4.69) is 12.2 Å². The van der Waals surface area contributed by atoms with Gasteiger partial charge in [0, 0.05) is 6.42 Å². The molecule has 0 bridgehead atoms. The predicted molar refractivity (Wildman–Crippen MR) is 83.6 cm³/mol. The topological polar surface area (TPSA) is 49.3 Å². The number of hydrogen-bond acceptors (Lipinski definition) is 2. The van der Waals surface area contributed by atoms with Crippen molar-refractivity contribution in [2.45, 2.75) is 103 Å². The Labute approximate surface area is 124 Å². The minimum Gasteiger partial charge on any atom is -0.391 e. The van der Waals surface area contributed by atoms with Gasteiger partial charge >= 0.3 is 0 Å². The number of amides is 1. The molecule has 0 aliphatic heterocycles. The Bertz CT molecular complexity index is 255. The van der Waals surface area contributed by atoms with Crippen LogP contribution in [0.1, 0.15) is 90.4 Å². The fraction of sp³-hybridized carbons (Fsp3) is 0.941. The third-order valence-electron chi connectivity index (χ3n) is 4.33. The minimum atomic E-state index is -0.318. The summed E-state index contributed by atoms with van der Waals surface area (Å²) < 4.78 is 0. The van der Waals surface area contributed by atoms with Crippen LogP contribution in [0.3, 0.4) is 0 Å². The van der Waals surface area contributed by atoms with Crippen LogP contribution < -0.4 is 5.32 Å².